The summed E-state index contributed by atoms with van der Waals surface area (Å²) in [6, 6.07) is 7.63. The second-order valence-corrected chi connectivity index (χ2v) is 3.81. The van der Waals surface area contributed by atoms with E-state index in [2.05, 4.69) is 27.9 Å². The van der Waals surface area contributed by atoms with Gasteiger partial charge in [-0.15, -0.1) is 0 Å². The molecule has 3 nitrogen and oxygen atoms in total. The Balaban J connectivity index is 2.43. The van der Waals surface area contributed by atoms with Crippen LogP contribution < -0.4 is 5.32 Å². The Bertz CT molecular complexity index is 475. The fourth-order valence-electron chi connectivity index (χ4n) is 1.27. The van der Waals surface area contributed by atoms with Crippen LogP contribution in [0.3, 0.4) is 0 Å². The highest BCUT2D eigenvalue weighted by molar-refractivity contribution is 7.80. The van der Waals surface area contributed by atoms with Gasteiger partial charge in [0.15, 0.2) is 11.0 Å². The molecule has 0 saturated heterocycles. The van der Waals surface area contributed by atoms with Crippen LogP contribution in [0.25, 0.3) is 11.0 Å². The molecule has 2 rings (SSSR count). The molecule has 0 aliphatic carbocycles. The molecule has 0 atom stereocenters. The maximum Gasteiger partial charge on any atom is 0.172 e. The quantitative estimate of drug-likeness (QED) is 0.809. The van der Waals surface area contributed by atoms with Gasteiger partial charge in [0.1, 0.15) is 0 Å². The minimum absolute atomic E-state index is 0.399. The molecule has 0 aliphatic heterocycles. The largest absolute Gasteiger partial charge is 0.367 e. The van der Waals surface area contributed by atoms with Gasteiger partial charge in [-0.2, -0.15) is 12.6 Å². The zero-order valence-corrected chi connectivity index (χ0v) is 9.59. The average Bonchev–Trinajstić information content (AvgIpc) is 2.26. The van der Waals surface area contributed by atoms with Crippen molar-refractivity contribution in [1.82, 2.24) is 9.97 Å². The molecule has 2 aromatic rings. The average molecular weight is 240 g/mol. The van der Waals surface area contributed by atoms with Crippen LogP contribution in [0.2, 0.25) is 5.15 Å². The number of para-hydroxylation sites is 2. The van der Waals surface area contributed by atoms with E-state index in [1.165, 1.54) is 0 Å². The molecule has 0 aliphatic rings. The van der Waals surface area contributed by atoms with Crippen LogP contribution >= 0.6 is 24.2 Å². The minimum Gasteiger partial charge on any atom is -0.367 e. The molecule has 1 aromatic heterocycles. The highest BCUT2D eigenvalue weighted by atomic mass is 35.5. The highest BCUT2D eigenvalue weighted by Crippen LogP contribution is 2.20. The van der Waals surface area contributed by atoms with Crippen molar-refractivity contribution in [3.8, 4) is 0 Å². The molecule has 0 unspecified atom stereocenters. The molecule has 1 heterocycles. The number of nitrogens with one attached hydrogen (secondary N) is 1. The first-order chi connectivity index (χ1) is 7.31. The maximum absolute atomic E-state index is 5.98. The van der Waals surface area contributed by atoms with Crippen molar-refractivity contribution in [2.45, 2.75) is 0 Å². The van der Waals surface area contributed by atoms with Crippen LogP contribution in [0.1, 0.15) is 0 Å². The van der Waals surface area contributed by atoms with Gasteiger partial charge >= 0.3 is 0 Å². The smallest absolute Gasteiger partial charge is 0.172 e. The summed E-state index contributed by atoms with van der Waals surface area (Å²) in [5, 5.41) is 3.47. The van der Waals surface area contributed by atoms with Gasteiger partial charge < -0.3 is 5.32 Å². The summed E-state index contributed by atoms with van der Waals surface area (Å²) >= 11 is 10.1. The molecule has 0 bridgehead atoms. The predicted octanol–water partition coefficient (Wildman–Crippen LogP) is 2.62. The van der Waals surface area contributed by atoms with Crippen molar-refractivity contribution < 1.29 is 0 Å². The first kappa shape index (κ1) is 10.5. The Morgan fingerprint density at radius 1 is 1.20 bits per heavy atom. The Labute approximate surface area is 98.3 Å². The van der Waals surface area contributed by atoms with Crippen LogP contribution in [0.5, 0.6) is 0 Å². The van der Waals surface area contributed by atoms with Crippen LogP contribution in [-0.2, 0) is 0 Å². The predicted molar refractivity (Wildman–Crippen MR) is 66.9 cm³/mol. The first-order valence-electron chi connectivity index (χ1n) is 4.58. The summed E-state index contributed by atoms with van der Waals surface area (Å²) in [5.74, 6) is 1.34. The van der Waals surface area contributed by atoms with E-state index in [9.17, 15) is 0 Å². The summed E-state index contributed by atoms with van der Waals surface area (Å²) in [6.07, 6.45) is 0. The molecular weight excluding hydrogens is 230 g/mol. The van der Waals surface area contributed by atoms with Gasteiger partial charge in [-0.1, -0.05) is 23.7 Å². The number of fused-ring (bicyclic) bond motifs is 1. The summed E-state index contributed by atoms with van der Waals surface area (Å²) < 4.78 is 0. The molecular formula is C10H10ClN3S. The highest BCUT2D eigenvalue weighted by Gasteiger charge is 2.04. The first-order valence-corrected chi connectivity index (χ1v) is 5.59. The Kier molecular flexibility index (Phi) is 3.28. The van der Waals surface area contributed by atoms with Crippen molar-refractivity contribution in [3.05, 3.63) is 29.4 Å². The van der Waals surface area contributed by atoms with Gasteiger partial charge in [0, 0.05) is 12.3 Å². The molecule has 0 fully saturated rings. The molecule has 0 spiro atoms. The van der Waals surface area contributed by atoms with Gasteiger partial charge in [0.25, 0.3) is 0 Å². The third-order valence-corrected chi connectivity index (χ3v) is 2.42. The zero-order valence-electron chi connectivity index (χ0n) is 7.94. The van der Waals surface area contributed by atoms with Crippen molar-refractivity contribution in [2.75, 3.05) is 17.6 Å². The second kappa shape index (κ2) is 4.68. The fourth-order valence-corrected chi connectivity index (χ4v) is 1.58. The Morgan fingerprint density at radius 2 is 1.87 bits per heavy atom. The van der Waals surface area contributed by atoms with E-state index in [1.54, 1.807) is 0 Å². The van der Waals surface area contributed by atoms with Crippen LogP contribution in [-0.4, -0.2) is 22.3 Å². The summed E-state index contributed by atoms with van der Waals surface area (Å²) in [7, 11) is 0. The number of halogens is 1. The van der Waals surface area contributed by atoms with E-state index in [1.807, 2.05) is 24.3 Å². The lowest BCUT2D eigenvalue weighted by Crippen LogP contribution is -2.05. The van der Waals surface area contributed by atoms with Crippen molar-refractivity contribution in [1.29, 1.82) is 0 Å². The number of anilines is 1. The van der Waals surface area contributed by atoms with Crippen LogP contribution in [0, 0.1) is 0 Å². The second-order valence-electron chi connectivity index (χ2n) is 3.00. The van der Waals surface area contributed by atoms with E-state index in [0.717, 1.165) is 23.3 Å². The van der Waals surface area contributed by atoms with Crippen molar-refractivity contribution in [3.63, 3.8) is 0 Å². The van der Waals surface area contributed by atoms with Gasteiger partial charge in [-0.25, -0.2) is 9.97 Å². The van der Waals surface area contributed by atoms with E-state index in [-0.39, 0.29) is 0 Å². The molecule has 0 amide bonds. The van der Waals surface area contributed by atoms with E-state index < -0.39 is 0 Å². The number of hydrogen-bond acceptors (Lipinski definition) is 4. The van der Waals surface area contributed by atoms with E-state index in [0.29, 0.717) is 11.0 Å². The summed E-state index contributed by atoms with van der Waals surface area (Å²) in [5.41, 5.74) is 1.64. The number of benzene rings is 1. The summed E-state index contributed by atoms with van der Waals surface area (Å²) in [6.45, 7) is 0.718. The number of hydrogen-bond donors (Lipinski definition) is 2. The maximum atomic E-state index is 5.98. The van der Waals surface area contributed by atoms with E-state index >= 15 is 0 Å². The zero-order chi connectivity index (χ0) is 10.7. The third kappa shape index (κ3) is 2.33. The lowest BCUT2D eigenvalue weighted by Gasteiger charge is -2.06. The Morgan fingerprint density at radius 3 is 2.53 bits per heavy atom. The lowest BCUT2D eigenvalue weighted by molar-refractivity contribution is 1.17. The molecule has 0 saturated carbocycles. The lowest BCUT2D eigenvalue weighted by atomic mass is 10.3. The van der Waals surface area contributed by atoms with Crippen LogP contribution in [0.4, 0.5) is 5.82 Å². The molecule has 78 valence electrons. The van der Waals surface area contributed by atoms with Crippen molar-refractivity contribution in [2.24, 2.45) is 0 Å². The standard InChI is InChI=1S/C10H10ClN3S/c11-9-10(12-5-6-15)14-8-4-2-1-3-7(8)13-9/h1-4,15H,5-6H2,(H,12,14). The SMILES string of the molecule is SCCNc1nc2ccccc2nc1Cl. The monoisotopic (exact) mass is 239 g/mol. The molecule has 5 heteroatoms. The minimum atomic E-state index is 0.399. The summed E-state index contributed by atoms with van der Waals surface area (Å²) in [4.78, 5) is 8.62. The van der Waals surface area contributed by atoms with Gasteiger partial charge in [-0.3, -0.25) is 0 Å². The molecule has 15 heavy (non-hydrogen) atoms. The van der Waals surface area contributed by atoms with Gasteiger partial charge in [-0.05, 0) is 12.1 Å². The topological polar surface area (TPSA) is 37.8 Å². The van der Waals surface area contributed by atoms with Gasteiger partial charge in [0.2, 0.25) is 0 Å². The molecule has 1 N–H and O–H groups in total. The van der Waals surface area contributed by atoms with Crippen LogP contribution in [0.15, 0.2) is 24.3 Å². The van der Waals surface area contributed by atoms with E-state index in [4.69, 9.17) is 11.6 Å². The number of nitrogens with zero attached hydrogens (tertiary/aromatic N) is 2. The third-order valence-electron chi connectivity index (χ3n) is 1.93. The number of aromatic nitrogens is 2. The Hall–Kier alpha value is -1.00. The number of rotatable bonds is 3. The fraction of sp³-hybridized carbons (Fsp3) is 0.200. The van der Waals surface area contributed by atoms with Gasteiger partial charge in [0.05, 0.1) is 11.0 Å². The molecule has 1 aromatic carbocycles. The molecule has 0 radical (unpaired) electrons. The normalized spacial score (nSPS) is 10.5. The van der Waals surface area contributed by atoms with Crippen molar-refractivity contribution >= 4 is 41.1 Å². The number of thiol groups is 1.